The summed E-state index contributed by atoms with van der Waals surface area (Å²) in [5, 5.41) is 4.77. The Morgan fingerprint density at radius 2 is 2.11 bits per heavy atom. The summed E-state index contributed by atoms with van der Waals surface area (Å²) < 4.78 is 2.31. The van der Waals surface area contributed by atoms with E-state index in [1.807, 2.05) is 12.3 Å². The van der Waals surface area contributed by atoms with E-state index < -0.39 is 0 Å². The zero-order valence-corrected chi connectivity index (χ0v) is 12.5. The molecule has 0 aliphatic rings. The van der Waals surface area contributed by atoms with Crippen LogP contribution in [0.3, 0.4) is 0 Å². The lowest BCUT2D eigenvalue weighted by molar-refractivity contribution is 0.475. The maximum atomic E-state index is 4.55. The van der Waals surface area contributed by atoms with Gasteiger partial charge in [-0.2, -0.15) is 0 Å². The molecule has 0 aliphatic heterocycles. The van der Waals surface area contributed by atoms with Gasteiger partial charge in [-0.25, -0.2) is 4.98 Å². The topological polar surface area (TPSA) is 29.9 Å². The lowest BCUT2D eigenvalue weighted by Gasteiger charge is -2.10. The average molecular weight is 259 g/mol. The van der Waals surface area contributed by atoms with Crippen LogP contribution < -0.4 is 5.32 Å². The Balaban J connectivity index is 2.31. The second-order valence-corrected chi connectivity index (χ2v) is 5.73. The van der Waals surface area contributed by atoms with Gasteiger partial charge in [0.1, 0.15) is 5.65 Å². The molecule has 2 heterocycles. The van der Waals surface area contributed by atoms with E-state index in [2.05, 4.69) is 54.8 Å². The molecule has 1 unspecified atom stereocenters. The van der Waals surface area contributed by atoms with Gasteiger partial charge in [0.15, 0.2) is 0 Å². The van der Waals surface area contributed by atoms with Gasteiger partial charge >= 0.3 is 0 Å². The molecule has 0 amide bonds. The summed E-state index contributed by atoms with van der Waals surface area (Å²) in [7, 11) is 0. The van der Waals surface area contributed by atoms with Crippen LogP contribution in [0.15, 0.2) is 24.5 Å². The minimum absolute atomic E-state index is 0.504. The SMILES string of the molecule is CCC(C)Cn1cc(CNC(C)C)c2cccnc21. The van der Waals surface area contributed by atoms with Gasteiger partial charge in [-0.15, -0.1) is 0 Å². The third-order valence-electron chi connectivity index (χ3n) is 3.62. The molecule has 104 valence electrons. The maximum Gasteiger partial charge on any atom is 0.140 e. The van der Waals surface area contributed by atoms with E-state index in [1.165, 1.54) is 17.4 Å². The van der Waals surface area contributed by atoms with Crippen molar-refractivity contribution in [2.24, 2.45) is 5.92 Å². The Bertz CT molecular complexity index is 528. The number of pyridine rings is 1. The number of hydrogen-bond donors (Lipinski definition) is 1. The van der Waals surface area contributed by atoms with Crippen LogP contribution in [0.1, 0.15) is 39.7 Å². The van der Waals surface area contributed by atoms with Crippen molar-refractivity contribution in [2.45, 2.75) is 53.2 Å². The highest BCUT2D eigenvalue weighted by atomic mass is 15.0. The first-order valence-corrected chi connectivity index (χ1v) is 7.28. The summed E-state index contributed by atoms with van der Waals surface area (Å²) in [4.78, 5) is 4.55. The maximum absolute atomic E-state index is 4.55. The number of aromatic nitrogens is 2. The van der Waals surface area contributed by atoms with Crippen LogP contribution in [0.25, 0.3) is 11.0 Å². The zero-order chi connectivity index (χ0) is 13.8. The Morgan fingerprint density at radius 3 is 2.79 bits per heavy atom. The van der Waals surface area contributed by atoms with Gasteiger partial charge < -0.3 is 9.88 Å². The lowest BCUT2D eigenvalue weighted by Crippen LogP contribution is -2.21. The summed E-state index contributed by atoms with van der Waals surface area (Å²) >= 11 is 0. The number of fused-ring (bicyclic) bond motifs is 1. The number of rotatable bonds is 6. The van der Waals surface area contributed by atoms with Gasteiger partial charge in [-0.1, -0.05) is 34.1 Å². The molecule has 0 saturated carbocycles. The van der Waals surface area contributed by atoms with Crippen LogP contribution in [0.2, 0.25) is 0 Å². The van der Waals surface area contributed by atoms with E-state index in [-0.39, 0.29) is 0 Å². The highest BCUT2D eigenvalue weighted by Crippen LogP contribution is 2.21. The van der Waals surface area contributed by atoms with Gasteiger partial charge in [0, 0.05) is 36.9 Å². The molecule has 2 rings (SSSR count). The van der Waals surface area contributed by atoms with E-state index in [4.69, 9.17) is 0 Å². The van der Waals surface area contributed by atoms with E-state index in [9.17, 15) is 0 Å². The van der Waals surface area contributed by atoms with E-state index in [0.29, 0.717) is 12.0 Å². The minimum atomic E-state index is 0.504. The fourth-order valence-corrected chi connectivity index (χ4v) is 2.25. The Kier molecular flexibility index (Phi) is 4.59. The van der Waals surface area contributed by atoms with Crippen LogP contribution in [0.4, 0.5) is 0 Å². The third-order valence-corrected chi connectivity index (χ3v) is 3.62. The highest BCUT2D eigenvalue weighted by molar-refractivity contribution is 5.80. The predicted molar refractivity (Wildman–Crippen MR) is 81.2 cm³/mol. The van der Waals surface area contributed by atoms with Gasteiger partial charge in [-0.3, -0.25) is 0 Å². The average Bonchev–Trinajstić information content (AvgIpc) is 2.75. The van der Waals surface area contributed by atoms with Crippen molar-refractivity contribution in [1.82, 2.24) is 14.9 Å². The quantitative estimate of drug-likeness (QED) is 0.859. The molecule has 0 fully saturated rings. The molecule has 3 nitrogen and oxygen atoms in total. The minimum Gasteiger partial charge on any atom is -0.332 e. The van der Waals surface area contributed by atoms with Crippen LogP contribution in [0.5, 0.6) is 0 Å². The lowest BCUT2D eigenvalue weighted by atomic mass is 10.1. The number of nitrogens with one attached hydrogen (secondary N) is 1. The number of hydrogen-bond acceptors (Lipinski definition) is 2. The molecule has 2 aromatic rings. The van der Waals surface area contributed by atoms with E-state index >= 15 is 0 Å². The first kappa shape index (κ1) is 14.1. The number of nitrogens with zero attached hydrogens (tertiary/aromatic N) is 2. The Labute approximate surface area is 116 Å². The molecule has 2 aromatic heterocycles. The molecule has 0 aliphatic carbocycles. The van der Waals surface area contributed by atoms with Crippen molar-refractivity contribution in [3.63, 3.8) is 0 Å². The third kappa shape index (κ3) is 3.35. The molecule has 0 saturated heterocycles. The van der Waals surface area contributed by atoms with Gasteiger partial charge in [0.25, 0.3) is 0 Å². The molecular formula is C16H25N3. The fraction of sp³-hybridized carbons (Fsp3) is 0.562. The summed E-state index contributed by atoms with van der Waals surface area (Å²) in [6.07, 6.45) is 5.35. The van der Waals surface area contributed by atoms with Crippen LogP contribution >= 0.6 is 0 Å². The summed E-state index contributed by atoms with van der Waals surface area (Å²) in [5.41, 5.74) is 2.46. The standard InChI is InChI=1S/C16H25N3/c1-5-13(4)10-19-11-14(9-18-12(2)3)15-7-6-8-17-16(15)19/h6-8,11-13,18H,5,9-10H2,1-4H3. The molecular weight excluding hydrogens is 234 g/mol. The van der Waals surface area contributed by atoms with Crippen LogP contribution in [-0.2, 0) is 13.1 Å². The van der Waals surface area contributed by atoms with Crippen molar-refractivity contribution < 1.29 is 0 Å². The molecule has 19 heavy (non-hydrogen) atoms. The van der Waals surface area contributed by atoms with Crippen LogP contribution in [-0.4, -0.2) is 15.6 Å². The Hall–Kier alpha value is -1.35. The molecule has 0 bridgehead atoms. The second kappa shape index (κ2) is 6.20. The first-order valence-electron chi connectivity index (χ1n) is 7.28. The van der Waals surface area contributed by atoms with Crippen molar-refractivity contribution >= 4 is 11.0 Å². The van der Waals surface area contributed by atoms with Crippen molar-refractivity contribution in [3.05, 3.63) is 30.1 Å². The van der Waals surface area contributed by atoms with Gasteiger partial charge in [-0.05, 0) is 23.6 Å². The largest absolute Gasteiger partial charge is 0.332 e. The normalized spacial score (nSPS) is 13.3. The van der Waals surface area contributed by atoms with Crippen molar-refractivity contribution in [2.75, 3.05) is 0 Å². The summed E-state index contributed by atoms with van der Waals surface area (Å²) in [6, 6.07) is 4.70. The van der Waals surface area contributed by atoms with Crippen LogP contribution in [0, 0.1) is 5.92 Å². The van der Waals surface area contributed by atoms with Crippen molar-refractivity contribution in [3.8, 4) is 0 Å². The van der Waals surface area contributed by atoms with Gasteiger partial charge in [0.05, 0.1) is 0 Å². The summed E-state index contributed by atoms with van der Waals surface area (Å²) in [5.74, 6) is 0.684. The first-order chi connectivity index (χ1) is 9.11. The molecule has 1 N–H and O–H groups in total. The molecule has 1 atom stereocenters. The Morgan fingerprint density at radius 1 is 1.32 bits per heavy atom. The highest BCUT2D eigenvalue weighted by Gasteiger charge is 2.11. The van der Waals surface area contributed by atoms with E-state index in [1.54, 1.807) is 0 Å². The molecule has 3 heteroatoms. The molecule has 0 aromatic carbocycles. The van der Waals surface area contributed by atoms with Gasteiger partial charge in [0.2, 0.25) is 0 Å². The van der Waals surface area contributed by atoms with Crippen molar-refractivity contribution in [1.29, 1.82) is 0 Å². The second-order valence-electron chi connectivity index (χ2n) is 5.73. The fourth-order valence-electron chi connectivity index (χ4n) is 2.25. The summed E-state index contributed by atoms with van der Waals surface area (Å²) in [6.45, 7) is 10.8. The monoisotopic (exact) mass is 259 g/mol. The smallest absolute Gasteiger partial charge is 0.140 e. The zero-order valence-electron chi connectivity index (χ0n) is 12.5. The molecule has 0 spiro atoms. The predicted octanol–water partition coefficient (Wildman–Crippen LogP) is 3.58. The molecule has 0 radical (unpaired) electrons. The van der Waals surface area contributed by atoms with E-state index in [0.717, 1.165) is 18.7 Å².